The van der Waals surface area contributed by atoms with Crippen LogP contribution >= 0.6 is 0 Å². The molecule has 11 heavy (non-hydrogen) atoms. The van der Waals surface area contributed by atoms with Gasteiger partial charge in [0.15, 0.2) is 5.78 Å². The molecule has 62 valence electrons. The van der Waals surface area contributed by atoms with Crippen LogP contribution in [0.4, 0.5) is 0 Å². The van der Waals surface area contributed by atoms with Gasteiger partial charge in [-0.05, 0) is 0 Å². The topological polar surface area (TPSA) is 102 Å². The smallest absolute Gasteiger partial charge is 0.189 e. The molecule has 0 saturated heterocycles. The molecule has 0 aromatic rings. The minimum absolute atomic E-state index is 0.326. The molecule has 0 heterocycles. The third-order valence-corrected chi connectivity index (χ3v) is 1.15. The molecule has 5 nitrogen and oxygen atoms in total. The second-order valence-electron chi connectivity index (χ2n) is 2.00. The number of aliphatic hydroxyl groups is 3. The SMILES string of the molecule is N#CC[C@@H](O)[C@H](O)C(=O)CO. The Morgan fingerprint density at radius 3 is 2.45 bits per heavy atom. The Bertz CT molecular complexity index is 174. The summed E-state index contributed by atoms with van der Waals surface area (Å²) >= 11 is 0. The number of nitriles is 1. The number of carbonyl (C=O) groups excluding carboxylic acids is 1. The Morgan fingerprint density at radius 1 is 1.55 bits per heavy atom. The summed E-state index contributed by atoms with van der Waals surface area (Å²) in [5, 5.41) is 33.9. The summed E-state index contributed by atoms with van der Waals surface area (Å²) in [5.74, 6) is -0.882. The van der Waals surface area contributed by atoms with E-state index < -0.39 is 24.6 Å². The van der Waals surface area contributed by atoms with Crippen LogP contribution < -0.4 is 0 Å². The number of nitrogens with zero attached hydrogens (tertiary/aromatic N) is 1. The highest BCUT2D eigenvalue weighted by Crippen LogP contribution is 1.98. The number of rotatable bonds is 4. The van der Waals surface area contributed by atoms with Crippen LogP contribution in [-0.4, -0.2) is 39.9 Å². The molecule has 0 spiro atoms. The Hall–Kier alpha value is -0.960. The van der Waals surface area contributed by atoms with E-state index in [-0.39, 0.29) is 6.42 Å². The van der Waals surface area contributed by atoms with Gasteiger partial charge in [0, 0.05) is 0 Å². The zero-order valence-corrected chi connectivity index (χ0v) is 5.77. The van der Waals surface area contributed by atoms with E-state index in [4.69, 9.17) is 20.6 Å². The van der Waals surface area contributed by atoms with Crippen molar-refractivity contribution in [3.63, 3.8) is 0 Å². The zero-order valence-electron chi connectivity index (χ0n) is 5.77. The number of ketones is 1. The third kappa shape index (κ3) is 3.09. The highest BCUT2D eigenvalue weighted by atomic mass is 16.3. The molecule has 0 aromatic heterocycles. The van der Waals surface area contributed by atoms with E-state index in [1.165, 1.54) is 0 Å². The predicted molar refractivity (Wildman–Crippen MR) is 34.3 cm³/mol. The van der Waals surface area contributed by atoms with Gasteiger partial charge in [0.25, 0.3) is 0 Å². The molecule has 0 aliphatic heterocycles. The molecule has 0 radical (unpaired) electrons. The molecule has 0 bridgehead atoms. The van der Waals surface area contributed by atoms with Gasteiger partial charge >= 0.3 is 0 Å². The van der Waals surface area contributed by atoms with Crippen LogP contribution in [0.2, 0.25) is 0 Å². The Labute approximate surface area is 63.5 Å². The minimum Gasteiger partial charge on any atom is -0.389 e. The van der Waals surface area contributed by atoms with E-state index in [1.807, 2.05) is 0 Å². The van der Waals surface area contributed by atoms with Crippen molar-refractivity contribution in [2.24, 2.45) is 0 Å². The Morgan fingerprint density at radius 2 is 2.09 bits per heavy atom. The second kappa shape index (κ2) is 4.79. The quantitative estimate of drug-likeness (QED) is 0.448. The molecule has 0 aromatic carbocycles. The molecule has 0 unspecified atom stereocenters. The number of hydrogen-bond acceptors (Lipinski definition) is 5. The molecular formula is C6H9NO4. The highest BCUT2D eigenvalue weighted by Gasteiger charge is 2.22. The number of carbonyl (C=O) groups is 1. The number of aliphatic hydroxyl groups excluding tert-OH is 3. The fraction of sp³-hybridized carbons (Fsp3) is 0.667. The van der Waals surface area contributed by atoms with Crippen molar-refractivity contribution < 1.29 is 20.1 Å². The summed E-state index contributed by atoms with van der Waals surface area (Å²) in [6, 6.07) is 1.58. The molecule has 0 amide bonds. The Kier molecular flexibility index (Phi) is 4.38. The van der Waals surface area contributed by atoms with Crippen LogP contribution in [0.5, 0.6) is 0 Å². The van der Waals surface area contributed by atoms with Crippen molar-refractivity contribution in [3.05, 3.63) is 0 Å². The average molecular weight is 159 g/mol. The first-order valence-corrected chi connectivity index (χ1v) is 3.00. The van der Waals surface area contributed by atoms with Crippen molar-refractivity contribution in [2.45, 2.75) is 18.6 Å². The van der Waals surface area contributed by atoms with Crippen LogP contribution in [0.3, 0.4) is 0 Å². The summed E-state index contributed by atoms with van der Waals surface area (Å²) in [7, 11) is 0. The van der Waals surface area contributed by atoms with Crippen molar-refractivity contribution in [1.29, 1.82) is 5.26 Å². The third-order valence-electron chi connectivity index (χ3n) is 1.15. The van der Waals surface area contributed by atoms with Gasteiger partial charge in [0.05, 0.1) is 12.5 Å². The lowest BCUT2D eigenvalue weighted by atomic mass is 10.1. The number of hydrogen-bond donors (Lipinski definition) is 3. The molecule has 0 rings (SSSR count). The molecule has 0 aliphatic rings. The highest BCUT2D eigenvalue weighted by molar-refractivity contribution is 5.84. The fourth-order valence-electron chi connectivity index (χ4n) is 0.513. The van der Waals surface area contributed by atoms with Crippen LogP contribution in [0.1, 0.15) is 6.42 Å². The van der Waals surface area contributed by atoms with Gasteiger partial charge in [-0.1, -0.05) is 0 Å². The molecule has 0 fully saturated rings. The maximum absolute atomic E-state index is 10.5. The van der Waals surface area contributed by atoms with Gasteiger partial charge in [-0.3, -0.25) is 4.79 Å². The molecule has 0 saturated carbocycles. The molecule has 3 N–H and O–H groups in total. The van der Waals surface area contributed by atoms with Gasteiger partial charge in [0.2, 0.25) is 0 Å². The van der Waals surface area contributed by atoms with Crippen LogP contribution in [0, 0.1) is 11.3 Å². The van der Waals surface area contributed by atoms with Gasteiger partial charge in [0.1, 0.15) is 18.8 Å². The van der Waals surface area contributed by atoms with Crippen molar-refractivity contribution in [3.8, 4) is 6.07 Å². The summed E-state index contributed by atoms with van der Waals surface area (Å²) in [6.07, 6.45) is -3.38. The van der Waals surface area contributed by atoms with Gasteiger partial charge in [-0.15, -0.1) is 0 Å². The van der Waals surface area contributed by atoms with Crippen molar-refractivity contribution in [1.82, 2.24) is 0 Å². The van der Waals surface area contributed by atoms with E-state index in [1.54, 1.807) is 6.07 Å². The van der Waals surface area contributed by atoms with E-state index in [2.05, 4.69) is 0 Å². The summed E-state index contributed by atoms with van der Waals surface area (Å²) in [4.78, 5) is 10.5. The maximum Gasteiger partial charge on any atom is 0.189 e. The predicted octanol–water partition coefficient (Wildman–Crippen LogP) is -1.82. The fourth-order valence-corrected chi connectivity index (χ4v) is 0.513. The van der Waals surface area contributed by atoms with E-state index >= 15 is 0 Å². The van der Waals surface area contributed by atoms with Crippen molar-refractivity contribution in [2.75, 3.05) is 6.61 Å². The van der Waals surface area contributed by atoms with Crippen molar-refractivity contribution >= 4 is 5.78 Å². The van der Waals surface area contributed by atoms with E-state index in [0.29, 0.717) is 0 Å². The summed E-state index contributed by atoms with van der Waals surface area (Å²) in [5.41, 5.74) is 0. The lowest BCUT2D eigenvalue weighted by molar-refractivity contribution is -0.135. The molecule has 0 aliphatic carbocycles. The zero-order chi connectivity index (χ0) is 8.85. The van der Waals surface area contributed by atoms with Crippen LogP contribution in [0.25, 0.3) is 0 Å². The molecular weight excluding hydrogens is 150 g/mol. The van der Waals surface area contributed by atoms with E-state index in [0.717, 1.165) is 0 Å². The monoisotopic (exact) mass is 159 g/mol. The maximum atomic E-state index is 10.5. The van der Waals surface area contributed by atoms with Gasteiger partial charge in [-0.2, -0.15) is 5.26 Å². The van der Waals surface area contributed by atoms with Gasteiger partial charge in [-0.25, -0.2) is 0 Å². The van der Waals surface area contributed by atoms with E-state index in [9.17, 15) is 4.79 Å². The summed E-state index contributed by atoms with van der Waals surface area (Å²) in [6.45, 7) is -0.830. The first-order chi connectivity index (χ1) is 5.13. The second-order valence-corrected chi connectivity index (χ2v) is 2.00. The number of Topliss-reactive ketones (excluding diaryl/α,β-unsaturated/α-hetero) is 1. The first kappa shape index (κ1) is 10.0. The Balaban J connectivity index is 3.92. The molecule has 5 heteroatoms. The summed E-state index contributed by atoms with van der Waals surface area (Å²) < 4.78 is 0. The first-order valence-electron chi connectivity index (χ1n) is 3.00. The van der Waals surface area contributed by atoms with Crippen LogP contribution in [0.15, 0.2) is 0 Å². The lowest BCUT2D eigenvalue weighted by Crippen LogP contribution is -2.35. The lowest BCUT2D eigenvalue weighted by Gasteiger charge is -2.11. The van der Waals surface area contributed by atoms with Gasteiger partial charge < -0.3 is 15.3 Å². The normalized spacial score (nSPS) is 15.1. The average Bonchev–Trinajstić information content (AvgIpc) is 2.02. The minimum atomic E-state index is -1.65. The standard InChI is InChI=1S/C6H9NO4/c7-2-1-4(9)6(11)5(10)3-8/h4,6,8-9,11H,1,3H2/t4-,6+/m1/s1. The molecule has 2 atom stereocenters. The largest absolute Gasteiger partial charge is 0.389 e. The van der Waals surface area contributed by atoms with Crippen LogP contribution in [-0.2, 0) is 4.79 Å².